The highest BCUT2D eigenvalue weighted by Gasteiger charge is 2.31. The van der Waals surface area contributed by atoms with E-state index in [1.54, 1.807) is 0 Å². The third-order valence-corrected chi connectivity index (χ3v) is 5.20. The van der Waals surface area contributed by atoms with Crippen molar-refractivity contribution in [3.8, 4) is 0 Å². The van der Waals surface area contributed by atoms with E-state index in [2.05, 4.69) is 5.32 Å². The van der Waals surface area contributed by atoms with Crippen LogP contribution < -0.4 is 5.32 Å². The number of amides is 1. The molecule has 0 bridgehead atoms. The van der Waals surface area contributed by atoms with Gasteiger partial charge < -0.3 is 20.6 Å². The lowest BCUT2D eigenvalue weighted by atomic mass is 9.79. The lowest BCUT2D eigenvalue weighted by molar-refractivity contribution is -0.145. The number of hydrogen-bond acceptors (Lipinski definition) is 5. The number of benzene rings is 1. The molecule has 0 heterocycles. The van der Waals surface area contributed by atoms with Crippen LogP contribution in [0.2, 0.25) is 0 Å². The minimum absolute atomic E-state index is 0.0621. The van der Waals surface area contributed by atoms with Crippen LogP contribution in [-0.2, 0) is 20.9 Å². The highest BCUT2D eigenvalue weighted by atomic mass is 16.4. The van der Waals surface area contributed by atoms with Gasteiger partial charge in [-0.15, -0.1) is 0 Å². The fraction of sp³-hybridized carbons (Fsp3) is 0.550. The first-order valence-corrected chi connectivity index (χ1v) is 9.31. The second-order valence-corrected chi connectivity index (χ2v) is 7.15. The number of carbonyl (C=O) groups excluding carboxylic acids is 2. The number of Topliss-reactive ketones (excluding diaryl/α,β-unsaturated/α-hetero) is 1. The van der Waals surface area contributed by atoms with Gasteiger partial charge in [0.25, 0.3) is 5.91 Å². The molecule has 1 fully saturated rings. The minimum atomic E-state index is -1.80. The molecule has 4 N–H and O–H groups in total. The summed E-state index contributed by atoms with van der Waals surface area (Å²) in [6.45, 7) is 0.199. The highest BCUT2D eigenvalue weighted by Crippen LogP contribution is 2.31. The standard InChI is InChI=1S/C20H27NO6/c22-16(11-8-13-6-9-15(10-7-13)20(26)27)17(23)18(24)19(25)21-12-14-4-2-1-3-5-14/h1-5,13,15,17-18,23-24H,6-12H2,(H,21,25)(H,26,27)/t13?,15?,17-,18+/m0/s1. The summed E-state index contributed by atoms with van der Waals surface area (Å²) in [7, 11) is 0. The van der Waals surface area contributed by atoms with Crippen molar-refractivity contribution in [2.24, 2.45) is 11.8 Å². The van der Waals surface area contributed by atoms with Crippen LogP contribution in [0.15, 0.2) is 30.3 Å². The van der Waals surface area contributed by atoms with E-state index < -0.39 is 29.9 Å². The second kappa shape index (κ2) is 10.2. The van der Waals surface area contributed by atoms with Crippen molar-refractivity contribution in [2.45, 2.75) is 57.3 Å². The number of aliphatic hydroxyl groups excluding tert-OH is 2. The fourth-order valence-electron chi connectivity index (χ4n) is 3.40. The Kier molecular flexibility index (Phi) is 7.94. The number of carboxylic acids is 1. The quantitative estimate of drug-likeness (QED) is 0.514. The first-order chi connectivity index (χ1) is 12.9. The van der Waals surface area contributed by atoms with Crippen molar-refractivity contribution >= 4 is 17.7 Å². The molecular weight excluding hydrogens is 350 g/mol. The molecule has 1 aromatic rings. The van der Waals surface area contributed by atoms with Crippen LogP contribution in [0.25, 0.3) is 0 Å². The molecule has 7 heteroatoms. The maximum Gasteiger partial charge on any atom is 0.306 e. The van der Waals surface area contributed by atoms with Gasteiger partial charge in [0.2, 0.25) is 0 Å². The fourth-order valence-corrected chi connectivity index (χ4v) is 3.40. The number of nitrogens with one attached hydrogen (secondary N) is 1. The van der Waals surface area contributed by atoms with E-state index in [0.29, 0.717) is 19.3 Å². The molecule has 0 unspecified atom stereocenters. The molecule has 0 radical (unpaired) electrons. The summed E-state index contributed by atoms with van der Waals surface area (Å²) in [4.78, 5) is 35.0. The van der Waals surface area contributed by atoms with E-state index in [-0.39, 0.29) is 24.8 Å². The number of aliphatic carboxylic acids is 1. The molecule has 2 rings (SSSR count). The lowest BCUT2D eigenvalue weighted by Gasteiger charge is -2.26. The highest BCUT2D eigenvalue weighted by molar-refractivity contribution is 5.91. The van der Waals surface area contributed by atoms with Gasteiger partial charge in [0.15, 0.2) is 11.9 Å². The third kappa shape index (κ3) is 6.45. The van der Waals surface area contributed by atoms with Crippen molar-refractivity contribution in [1.29, 1.82) is 0 Å². The van der Waals surface area contributed by atoms with Crippen LogP contribution in [0.5, 0.6) is 0 Å². The Balaban J connectivity index is 1.72. The number of hydrogen-bond donors (Lipinski definition) is 4. The Labute approximate surface area is 158 Å². The van der Waals surface area contributed by atoms with Gasteiger partial charge in [-0.05, 0) is 43.6 Å². The van der Waals surface area contributed by atoms with E-state index in [0.717, 1.165) is 18.4 Å². The molecule has 0 saturated heterocycles. The van der Waals surface area contributed by atoms with Gasteiger partial charge in [-0.2, -0.15) is 0 Å². The predicted octanol–water partition coefficient (Wildman–Crippen LogP) is 1.26. The van der Waals surface area contributed by atoms with Crippen LogP contribution in [-0.4, -0.2) is 45.2 Å². The van der Waals surface area contributed by atoms with Gasteiger partial charge >= 0.3 is 5.97 Å². The molecule has 0 aromatic heterocycles. The van der Waals surface area contributed by atoms with Crippen LogP contribution in [0.1, 0.15) is 44.1 Å². The zero-order valence-corrected chi connectivity index (χ0v) is 15.2. The van der Waals surface area contributed by atoms with Crippen molar-refractivity contribution < 1.29 is 29.7 Å². The molecule has 1 aromatic carbocycles. The summed E-state index contributed by atoms with van der Waals surface area (Å²) in [5.74, 6) is -2.21. The van der Waals surface area contributed by atoms with E-state index >= 15 is 0 Å². The van der Waals surface area contributed by atoms with Gasteiger partial charge in [-0.3, -0.25) is 14.4 Å². The van der Waals surface area contributed by atoms with Gasteiger partial charge in [-0.25, -0.2) is 0 Å². The molecule has 1 amide bonds. The van der Waals surface area contributed by atoms with Gasteiger partial charge in [0.05, 0.1) is 5.92 Å². The van der Waals surface area contributed by atoms with Gasteiger partial charge in [0, 0.05) is 13.0 Å². The van der Waals surface area contributed by atoms with E-state index in [1.165, 1.54) is 0 Å². The average Bonchev–Trinajstić information content (AvgIpc) is 2.70. The third-order valence-electron chi connectivity index (χ3n) is 5.20. The smallest absolute Gasteiger partial charge is 0.306 e. The zero-order valence-electron chi connectivity index (χ0n) is 15.2. The zero-order chi connectivity index (χ0) is 19.8. The number of rotatable bonds is 9. The van der Waals surface area contributed by atoms with Crippen molar-refractivity contribution in [3.63, 3.8) is 0 Å². The second-order valence-electron chi connectivity index (χ2n) is 7.15. The molecule has 27 heavy (non-hydrogen) atoms. The number of carbonyl (C=O) groups is 3. The molecule has 2 atom stereocenters. The van der Waals surface area contributed by atoms with Crippen LogP contribution >= 0.6 is 0 Å². The Morgan fingerprint density at radius 1 is 1.00 bits per heavy atom. The van der Waals surface area contributed by atoms with Crippen molar-refractivity contribution in [2.75, 3.05) is 0 Å². The Morgan fingerprint density at radius 3 is 2.22 bits per heavy atom. The maximum atomic E-state index is 12.1. The lowest BCUT2D eigenvalue weighted by Crippen LogP contribution is -2.45. The molecule has 1 aliphatic carbocycles. The van der Waals surface area contributed by atoms with Gasteiger partial charge in [0.1, 0.15) is 6.10 Å². The summed E-state index contributed by atoms with van der Waals surface area (Å²) in [5, 5.41) is 31.4. The maximum absolute atomic E-state index is 12.1. The predicted molar refractivity (Wildman–Crippen MR) is 97.6 cm³/mol. The number of carboxylic acid groups (broad SMARTS) is 1. The van der Waals surface area contributed by atoms with Crippen molar-refractivity contribution in [1.82, 2.24) is 5.32 Å². The van der Waals surface area contributed by atoms with Crippen molar-refractivity contribution in [3.05, 3.63) is 35.9 Å². The Hall–Kier alpha value is -2.25. The molecular formula is C20H27NO6. The summed E-state index contributed by atoms with van der Waals surface area (Å²) < 4.78 is 0. The molecule has 0 spiro atoms. The van der Waals surface area contributed by atoms with Crippen LogP contribution in [0, 0.1) is 11.8 Å². The topological polar surface area (TPSA) is 124 Å². The first kappa shape index (κ1) is 21.1. The summed E-state index contributed by atoms with van der Waals surface area (Å²) in [5.41, 5.74) is 0.843. The first-order valence-electron chi connectivity index (χ1n) is 9.31. The normalized spacial score (nSPS) is 21.9. The average molecular weight is 377 g/mol. The molecule has 148 valence electrons. The summed E-state index contributed by atoms with van der Waals surface area (Å²) >= 11 is 0. The molecule has 1 saturated carbocycles. The summed E-state index contributed by atoms with van der Waals surface area (Å²) in [6, 6.07) is 9.11. The Bertz CT molecular complexity index is 639. The van der Waals surface area contributed by atoms with E-state index in [4.69, 9.17) is 5.11 Å². The van der Waals surface area contributed by atoms with Crippen LogP contribution in [0.3, 0.4) is 0 Å². The van der Waals surface area contributed by atoms with E-state index in [1.807, 2.05) is 30.3 Å². The summed E-state index contributed by atoms with van der Waals surface area (Å²) in [6.07, 6.45) is -0.295. The van der Waals surface area contributed by atoms with Crippen LogP contribution in [0.4, 0.5) is 0 Å². The molecule has 0 aliphatic heterocycles. The SMILES string of the molecule is O=C(O)C1CCC(CCC(=O)[C@H](O)[C@@H](O)C(=O)NCc2ccccc2)CC1. The Morgan fingerprint density at radius 2 is 1.63 bits per heavy atom. The van der Waals surface area contributed by atoms with Gasteiger partial charge in [-0.1, -0.05) is 30.3 Å². The molecule has 7 nitrogen and oxygen atoms in total. The van der Waals surface area contributed by atoms with E-state index in [9.17, 15) is 24.6 Å². The monoisotopic (exact) mass is 377 g/mol. The largest absolute Gasteiger partial charge is 0.481 e. The number of aliphatic hydroxyl groups is 2. The minimum Gasteiger partial charge on any atom is -0.481 e. The molecule has 1 aliphatic rings. The number of ketones is 1.